The van der Waals surface area contributed by atoms with Crippen LogP contribution in [0.25, 0.3) is 11.0 Å². The van der Waals surface area contributed by atoms with Crippen LogP contribution < -0.4 is 14.8 Å². The summed E-state index contributed by atoms with van der Waals surface area (Å²) >= 11 is 0. The maximum Gasteiger partial charge on any atom is 0.254 e. The van der Waals surface area contributed by atoms with E-state index in [1.807, 2.05) is 24.1 Å². The Morgan fingerprint density at radius 3 is 2.53 bits per heavy atom. The second-order valence-electron chi connectivity index (χ2n) is 7.86. The maximum atomic E-state index is 12.9. The monoisotopic (exact) mass is 437 g/mol. The first-order valence-electron chi connectivity index (χ1n) is 10.5. The van der Waals surface area contributed by atoms with E-state index in [-0.39, 0.29) is 18.2 Å². The summed E-state index contributed by atoms with van der Waals surface area (Å²) in [6.07, 6.45) is 1.70. The van der Waals surface area contributed by atoms with Crippen molar-refractivity contribution >= 4 is 28.5 Å². The fourth-order valence-electron chi connectivity index (χ4n) is 3.83. The van der Waals surface area contributed by atoms with Crippen LogP contribution in [-0.2, 0) is 11.2 Å². The highest BCUT2D eigenvalue weighted by molar-refractivity contribution is 6.00. The molecule has 0 bridgehead atoms. The highest BCUT2D eigenvalue weighted by Gasteiger charge is 2.22. The number of piperazine rings is 1. The molecule has 8 nitrogen and oxygen atoms in total. The summed E-state index contributed by atoms with van der Waals surface area (Å²) in [7, 11) is 5.17. The third-order valence-corrected chi connectivity index (χ3v) is 5.72. The molecule has 168 valence electrons. The highest BCUT2D eigenvalue weighted by Crippen LogP contribution is 2.28. The molecule has 1 aliphatic heterocycles. The van der Waals surface area contributed by atoms with E-state index in [9.17, 15) is 9.59 Å². The number of ether oxygens (including phenoxy) is 2. The molecule has 4 rings (SSSR count). The molecule has 2 amide bonds. The van der Waals surface area contributed by atoms with E-state index in [0.29, 0.717) is 41.4 Å². The van der Waals surface area contributed by atoms with Gasteiger partial charge in [-0.05, 0) is 37.4 Å². The molecule has 0 unspecified atom stereocenters. The first-order chi connectivity index (χ1) is 15.5. The molecule has 0 aliphatic carbocycles. The molecule has 8 heteroatoms. The Labute approximate surface area is 186 Å². The van der Waals surface area contributed by atoms with Crippen LogP contribution >= 0.6 is 0 Å². The highest BCUT2D eigenvalue weighted by atomic mass is 16.5. The number of amides is 2. The van der Waals surface area contributed by atoms with Crippen molar-refractivity contribution < 1.29 is 23.5 Å². The van der Waals surface area contributed by atoms with Crippen molar-refractivity contribution in [3.63, 3.8) is 0 Å². The van der Waals surface area contributed by atoms with E-state index < -0.39 is 0 Å². The summed E-state index contributed by atoms with van der Waals surface area (Å²) in [5.74, 6) is 0.904. The normalized spacial score (nSPS) is 14.4. The average Bonchev–Trinajstić information content (AvgIpc) is 3.20. The Morgan fingerprint density at radius 2 is 1.81 bits per heavy atom. The molecule has 3 aromatic rings. The number of benzene rings is 2. The summed E-state index contributed by atoms with van der Waals surface area (Å²) < 4.78 is 16.2. The number of hydrogen-bond donors (Lipinski definition) is 1. The topological polar surface area (TPSA) is 84.2 Å². The number of furan rings is 1. The van der Waals surface area contributed by atoms with Gasteiger partial charge in [-0.3, -0.25) is 9.59 Å². The second-order valence-corrected chi connectivity index (χ2v) is 7.86. The number of methoxy groups -OCH3 is 2. The second kappa shape index (κ2) is 9.32. The molecule has 1 fully saturated rings. The van der Waals surface area contributed by atoms with E-state index in [4.69, 9.17) is 13.9 Å². The quantitative estimate of drug-likeness (QED) is 0.638. The maximum absolute atomic E-state index is 12.9. The van der Waals surface area contributed by atoms with Crippen molar-refractivity contribution in [1.29, 1.82) is 0 Å². The third kappa shape index (κ3) is 4.55. The Hall–Kier alpha value is -3.52. The number of carbonyl (C=O) groups excluding carboxylic acids is 2. The first-order valence-corrected chi connectivity index (χ1v) is 10.5. The summed E-state index contributed by atoms with van der Waals surface area (Å²) in [5, 5.41) is 3.74. The van der Waals surface area contributed by atoms with Gasteiger partial charge in [-0.2, -0.15) is 0 Å². The lowest BCUT2D eigenvalue weighted by atomic mass is 10.1. The lowest BCUT2D eigenvalue weighted by Crippen LogP contribution is -2.47. The van der Waals surface area contributed by atoms with Crippen molar-refractivity contribution in [2.75, 3.05) is 52.8 Å². The number of fused-ring (bicyclic) bond motifs is 1. The predicted molar refractivity (Wildman–Crippen MR) is 121 cm³/mol. The smallest absolute Gasteiger partial charge is 0.254 e. The fourth-order valence-corrected chi connectivity index (χ4v) is 3.83. The molecule has 2 aromatic carbocycles. The molecule has 32 heavy (non-hydrogen) atoms. The zero-order chi connectivity index (χ0) is 22.7. The van der Waals surface area contributed by atoms with Gasteiger partial charge in [0.25, 0.3) is 5.91 Å². The molecule has 0 saturated carbocycles. The summed E-state index contributed by atoms with van der Waals surface area (Å²) in [6.45, 7) is 3.05. The molecule has 1 N–H and O–H groups in total. The molecular formula is C24H27N3O5. The van der Waals surface area contributed by atoms with E-state index in [2.05, 4.69) is 10.2 Å². The van der Waals surface area contributed by atoms with Gasteiger partial charge in [0.05, 0.1) is 32.6 Å². The number of nitrogens with one attached hydrogen (secondary N) is 1. The Kier molecular flexibility index (Phi) is 6.32. The standard InChI is InChI=1S/C24H27N3O5/c1-26-8-10-27(11-9-26)24(29)16-4-7-21(31-3)20(12-16)25-23(28)13-17-15-32-22-14-18(30-2)5-6-19(17)22/h4-7,12,14-15H,8-11,13H2,1-3H3,(H,25,28). The van der Waals surface area contributed by atoms with Crippen molar-refractivity contribution in [2.45, 2.75) is 6.42 Å². The molecule has 1 aromatic heterocycles. The largest absolute Gasteiger partial charge is 0.497 e. The Balaban J connectivity index is 1.50. The van der Waals surface area contributed by atoms with Crippen LogP contribution in [0.2, 0.25) is 0 Å². The molecule has 1 aliphatic rings. The molecular weight excluding hydrogens is 410 g/mol. The zero-order valence-corrected chi connectivity index (χ0v) is 18.5. The molecule has 0 spiro atoms. The van der Waals surface area contributed by atoms with E-state index >= 15 is 0 Å². The Bertz CT molecular complexity index is 1130. The third-order valence-electron chi connectivity index (χ3n) is 5.72. The first kappa shape index (κ1) is 21.7. The van der Waals surface area contributed by atoms with Crippen LogP contribution in [0.4, 0.5) is 5.69 Å². The molecule has 0 atom stereocenters. The number of anilines is 1. The summed E-state index contributed by atoms with van der Waals surface area (Å²) in [4.78, 5) is 29.8. The van der Waals surface area contributed by atoms with Crippen LogP contribution in [0.3, 0.4) is 0 Å². The number of rotatable bonds is 6. The van der Waals surface area contributed by atoms with Gasteiger partial charge in [-0.25, -0.2) is 0 Å². The number of likely N-dealkylation sites (N-methyl/N-ethyl adjacent to an activating group) is 1. The molecule has 1 saturated heterocycles. The van der Waals surface area contributed by atoms with Crippen molar-refractivity contribution in [3.8, 4) is 11.5 Å². The van der Waals surface area contributed by atoms with Gasteiger partial charge in [0.1, 0.15) is 17.1 Å². The zero-order valence-electron chi connectivity index (χ0n) is 18.5. The van der Waals surface area contributed by atoms with E-state index in [1.165, 1.54) is 7.11 Å². The average molecular weight is 437 g/mol. The minimum absolute atomic E-state index is 0.0500. The summed E-state index contributed by atoms with van der Waals surface area (Å²) in [6, 6.07) is 10.6. The predicted octanol–water partition coefficient (Wildman–Crippen LogP) is 3.02. The lowest BCUT2D eigenvalue weighted by Gasteiger charge is -2.32. The van der Waals surface area contributed by atoms with Gasteiger partial charge < -0.3 is 29.0 Å². The number of carbonyl (C=O) groups is 2. The van der Waals surface area contributed by atoms with Crippen LogP contribution in [0.5, 0.6) is 11.5 Å². The van der Waals surface area contributed by atoms with Crippen LogP contribution in [0, 0.1) is 0 Å². The molecule has 2 heterocycles. The number of nitrogens with zero attached hydrogens (tertiary/aromatic N) is 2. The van der Waals surface area contributed by atoms with Crippen molar-refractivity contribution in [1.82, 2.24) is 9.80 Å². The SMILES string of the molecule is COc1ccc2c(CC(=O)Nc3cc(C(=O)N4CCN(C)CC4)ccc3OC)coc2c1. The van der Waals surface area contributed by atoms with Crippen molar-refractivity contribution in [2.24, 2.45) is 0 Å². The minimum atomic E-state index is -0.231. The van der Waals surface area contributed by atoms with Crippen LogP contribution in [0.1, 0.15) is 15.9 Å². The lowest BCUT2D eigenvalue weighted by molar-refractivity contribution is -0.115. The van der Waals surface area contributed by atoms with E-state index in [0.717, 1.165) is 24.0 Å². The van der Waals surface area contributed by atoms with Crippen LogP contribution in [-0.4, -0.2) is 69.1 Å². The summed E-state index contributed by atoms with van der Waals surface area (Å²) in [5.41, 5.74) is 2.41. The van der Waals surface area contributed by atoms with Gasteiger partial charge in [0, 0.05) is 48.8 Å². The van der Waals surface area contributed by atoms with Crippen LogP contribution in [0.15, 0.2) is 47.1 Å². The van der Waals surface area contributed by atoms with Gasteiger partial charge in [0.2, 0.25) is 5.91 Å². The minimum Gasteiger partial charge on any atom is -0.497 e. The van der Waals surface area contributed by atoms with Gasteiger partial charge in [0.15, 0.2) is 0 Å². The van der Waals surface area contributed by atoms with E-state index in [1.54, 1.807) is 37.6 Å². The number of hydrogen-bond acceptors (Lipinski definition) is 6. The Morgan fingerprint density at radius 1 is 1.03 bits per heavy atom. The fraction of sp³-hybridized carbons (Fsp3) is 0.333. The van der Waals surface area contributed by atoms with Gasteiger partial charge in [-0.1, -0.05) is 0 Å². The van der Waals surface area contributed by atoms with Crippen molar-refractivity contribution in [3.05, 3.63) is 53.8 Å². The molecule has 0 radical (unpaired) electrons. The van der Waals surface area contributed by atoms with Gasteiger partial charge >= 0.3 is 0 Å². The van der Waals surface area contributed by atoms with Gasteiger partial charge in [-0.15, -0.1) is 0 Å².